The van der Waals surface area contributed by atoms with Crippen LogP contribution in [0.2, 0.25) is 0 Å². The molecule has 2 rings (SSSR count). The van der Waals surface area contributed by atoms with E-state index < -0.39 is 10.0 Å². The lowest BCUT2D eigenvalue weighted by molar-refractivity contribution is 0.310. The minimum absolute atomic E-state index is 0.0632. The predicted molar refractivity (Wildman–Crippen MR) is 86.5 cm³/mol. The normalized spacial score (nSPS) is 23.9. The fourth-order valence-electron chi connectivity index (χ4n) is 2.60. The van der Waals surface area contributed by atoms with E-state index in [0.717, 1.165) is 24.1 Å². The molecule has 1 saturated carbocycles. The third-order valence-electron chi connectivity index (χ3n) is 3.77. The molecule has 7 heteroatoms. The summed E-state index contributed by atoms with van der Waals surface area (Å²) in [6, 6.07) is 1.81. The van der Waals surface area contributed by atoms with Crippen molar-refractivity contribution in [2.75, 3.05) is 7.05 Å². The maximum Gasteiger partial charge on any atom is 0.242 e. The molecule has 1 aromatic heterocycles. The molecule has 2 unspecified atom stereocenters. The van der Waals surface area contributed by atoms with Gasteiger partial charge in [0.2, 0.25) is 10.0 Å². The summed E-state index contributed by atoms with van der Waals surface area (Å²) in [5, 5.41) is 3.04. The van der Waals surface area contributed by atoms with Crippen LogP contribution in [0.5, 0.6) is 0 Å². The monoisotopic (exact) mass is 380 g/mol. The molecule has 0 amide bonds. The van der Waals surface area contributed by atoms with Gasteiger partial charge in [0, 0.05) is 17.5 Å². The second-order valence-corrected chi connectivity index (χ2v) is 9.51. The van der Waals surface area contributed by atoms with Crippen LogP contribution in [0.25, 0.3) is 0 Å². The zero-order valence-corrected chi connectivity index (χ0v) is 15.0. The number of hydrogen-bond acceptors (Lipinski definition) is 4. The molecular formula is C13H21BrN2O2S2. The highest BCUT2D eigenvalue weighted by molar-refractivity contribution is 9.11. The van der Waals surface area contributed by atoms with Crippen molar-refractivity contribution < 1.29 is 8.42 Å². The van der Waals surface area contributed by atoms with Crippen molar-refractivity contribution in [2.45, 2.75) is 50.1 Å². The molecule has 2 atom stereocenters. The van der Waals surface area contributed by atoms with Gasteiger partial charge in [-0.05, 0) is 47.8 Å². The molecular weight excluding hydrogens is 360 g/mol. The highest BCUT2D eigenvalue weighted by atomic mass is 79.9. The van der Waals surface area contributed by atoms with Crippen molar-refractivity contribution in [3.63, 3.8) is 0 Å². The van der Waals surface area contributed by atoms with E-state index in [0.29, 0.717) is 21.1 Å². The Morgan fingerprint density at radius 2 is 2.10 bits per heavy atom. The summed E-state index contributed by atoms with van der Waals surface area (Å²) >= 11 is 4.84. The Morgan fingerprint density at radius 1 is 1.40 bits per heavy atom. The number of halogens is 1. The Bertz CT molecular complexity index is 557. The molecule has 20 heavy (non-hydrogen) atoms. The molecule has 1 aliphatic rings. The Balaban J connectivity index is 2.17. The smallest absolute Gasteiger partial charge is 0.242 e. The Morgan fingerprint density at radius 3 is 2.75 bits per heavy atom. The van der Waals surface area contributed by atoms with Gasteiger partial charge in [0.25, 0.3) is 0 Å². The maximum atomic E-state index is 12.5. The third kappa shape index (κ3) is 3.82. The predicted octanol–water partition coefficient (Wildman–Crippen LogP) is 3.09. The Hall–Kier alpha value is 0.0500. The van der Waals surface area contributed by atoms with Crippen molar-refractivity contribution in [1.82, 2.24) is 10.0 Å². The first-order valence-electron chi connectivity index (χ1n) is 6.89. The van der Waals surface area contributed by atoms with Gasteiger partial charge in [-0.1, -0.05) is 19.8 Å². The van der Waals surface area contributed by atoms with Gasteiger partial charge >= 0.3 is 0 Å². The summed E-state index contributed by atoms with van der Waals surface area (Å²) < 4.78 is 28.6. The second-order valence-electron chi connectivity index (χ2n) is 5.37. The third-order valence-corrected chi connectivity index (χ3v) is 7.51. The number of rotatable bonds is 5. The number of nitrogens with one attached hydrogen (secondary N) is 2. The topological polar surface area (TPSA) is 58.2 Å². The summed E-state index contributed by atoms with van der Waals surface area (Å²) in [6.45, 7) is 2.81. The summed E-state index contributed by atoms with van der Waals surface area (Å²) in [5.74, 6) is 0.410. The molecule has 2 N–H and O–H groups in total. The summed E-state index contributed by atoms with van der Waals surface area (Å²) in [7, 11) is -1.58. The SMILES string of the molecule is CNCc1cc(S(=O)(=O)NC2CCCCC2C)c(Br)s1. The number of hydrogen-bond donors (Lipinski definition) is 2. The molecule has 0 radical (unpaired) electrons. The van der Waals surface area contributed by atoms with Gasteiger partial charge in [-0.25, -0.2) is 13.1 Å². The van der Waals surface area contributed by atoms with Gasteiger partial charge in [0.05, 0.1) is 3.79 Å². The standard InChI is InChI=1S/C13H21BrN2O2S2/c1-9-5-3-4-6-11(9)16-20(17,18)12-7-10(8-15-2)19-13(12)14/h7,9,11,15-16H,3-6,8H2,1-2H3. The highest BCUT2D eigenvalue weighted by Gasteiger charge is 2.28. The first kappa shape index (κ1) is 16.4. The van der Waals surface area contributed by atoms with Crippen LogP contribution in [0.1, 0.15) is 37.5 Å². The molecule has 1 aliphatic carbocycles. The molecule has 0 bridgehead atoms. The fraction of sp³-hybridized carbons (Fsp3) is 0.692. The lowest BCUT2D eigenvalue weighted by atomic mass is 9.87. The van der Waals surface area contributed by atoms with E-state index in [1.54, 1.807) is 6.07 Å². The molecule has 0 aromatic carbocycles. The number of sulfonamides is 1. The van der Waals surface area contributed by atoms with Crippen LogP contribution in [0.4, 0.5) is 0 Å². The largest absolute Gasteiger partial charge is 0.315 e. The van der Waals surface area contributed by atoms with Crippen molar-refractivity contribution in [3.8, 4) is 0 Å². The zero-order valence-electron chi connectivity index (χ0n) is 11.8. The van der Waals surface area contributed by atoms with Gasteiger partial charge in [0.15, 0.2) is 0 Å². The van der Waals surface area contributed by atoms with E-state index in [-0.39, 0.29) is 6.04 Å². The van der Waals surface area contributed by atoms with E-state index in [1.807, 2.05) is 7.05 Å². The van der Waals surface area contributed by atoms with Gasteiger partial charge in [-0.2, -0.15) is 0 Å². The summed E-state index contributed by atoms with van der Waals surface area (Å²) in [6.07, 6.45) is 4.34. The fourth-order valence-corrected chi connectivity index (χ4v) is 6.67. The maximum absolute atomic E-state index is 12.5. The average Bonchev–Trinajstić information content (AvgIpc) is 2.74. The van der Waals surface area contributed by atoms with E-state index in [1.165, 1.54) is 17.8 Å². The highest BCUT2D eigenvalue weighted by Crippen LogP contribution is 2.33. The van der Waals surface area contributed by atoms with Gasteiger partial charge in [-0.15, -0.1) is 11.3 Å². The van der Waals surface area contributed by atoms with Crippen LogP contribution >= 0.6 is 27.3 Å². The molecule has 1 heterocycles. The van der Waals surface area contributed by atoms with Crippen molar-refractivity contribution >= 4 is 37.3 Å². The van der Waals surface area contributed by atoms with Crippen molar-refractivity contribution in [2.24, 2.45) is 5.92 Å². The molecule has 1 aromatic rings. The first-order chi connectivity index (χ1) is 9.44. The second kappa shape index (κ2) is 6.87. The van der Waals surface area contributed by atoms with Crippen LogP contribution in [0.15, 0.2) is 14.7 Å². The van der Waals surface area contributed by atoms with Crippen molar-refractivity contribution in [3.05, 3.63) is 14.7 Å². The average molecular weight is 381 g/mol. The quantitative estimate of drug-likeness (QED) is 0.824. The minimum Gasteiger partial charge on any atom is -0.315 e. The molecule has 1 fully saturated rings. The van der Waals surface area contributed by atoms with Crippen LogP contribution < -0.4 is 10.0 Å². The Labute approximate surface area is 133 Å². The van der Waals surface area contributed by atoms with Crippen LogP contribution in [-0.2, 0) is 16.6 Å². The van der Waals surface area contributed by atoms with E-state index in [4.69, 9.17) is 0 Å². The minimum atomic E-state index is -3.44. The van der Waals surface area contributed by atoms with Crippen LogP contribution in [0, 0.1) is 5.92 Å². The van der Waals surface area contributed by atoms with E-state index in [9.17, 15) is 8.42 Å². The summed E-state index contributed by atoms with van der Waals surface area (Å²) in [4.78, 5) is 1.38. The van der Waals surface area contributed by atoms with E-state index >= 15 is 0 Å². The lowest BCUT2D eigenvalue weighted by Crippen LogP contribution is -2.40. The van der Waals surface area contributed by atoms with E-state index in [2.05, 4.69) is 32.9 Å². The van der Waals surface area contributed by atoms with Gasteiger partial charge < -0.3 is 5.32 Å². The van der Waals surface area contributed by atoms with Crippen molar-refractivity contribution in [1.29, 1.82) is 0 Å². The van der Waals surface area contributed by atoms with Crippen LogP contribution in [-0.4, -0.2) is 21.5 Å². The lowest BCUT2D eigenvalue weighted by Gasteiger charge is -2.29. The molecule has 0 saturated heterocycles. The molecule has 0 spiro atoms. The first-order valence-corrected chi connectivity index (χ1v) is 9.98. The van der Waals surface area contributed by atoms with Gasteiger partial charge in [-0.3, -0.25) is 0 Å². The molecule has 114 valence electrons. The number of thiophene rings is 1. The Kier molecular flexibility index (Phi) is 5.64. The van der Waals surface area contributed by atoms with Crippen LogP contribution in [0.3, 0.4) is 0 Å². The zero-order chi connectivity index (χ0) is 14.8. The summed E-state index contributed by atoms with van der Waals surface area (Å²) in [5.41, 5.74) is 0. The molecule has 0 aliphatic heterocycles. The molecule has 4 nitrogen and oxygen atoms in total. The van der Waals surface area contributed by atoms with Gasteiger partial charge in [0.1, 0.15) is 4.90 Å².